The first-order chi connectivity index (χ1) is 5.05. The zero-order chi connectivity index (χ0) is 8.48. The highest BCUT2D eigenvalue weighted by Gasteiger charge is 2.36. The van der Waals surface area contributed by atoms with E-state index in [0.29, 0.717) is 6.20 Å². The molecule has 0 aliphatic carbocycles. The largest absolute Gasteiger partial charge is 0.421 e. The summed E-state index contributed by atoms with van der Waals surface area (Å²) in [5.41, 5.74) is -1.15. The third kappa shape index (κ3) is 1.39. The van der Waals surface area contributed by atoms with E-state index in [-0.39, 0.29) is 6.29 Å². The van der Waals surface area contributed by atoms with E-state index in [1.54, 1.807) is 0 Å². The molecule has 0 saturated carbocycles. The van der Waals surface area contributed by atoms with Crippen LogP contribution in [0.3, 0.4) is 0 Å². The first-order valence-electron chi connectivity index (χ1n) is 2.52. The molecule has 0 radical (unpaired) electrons. The minimum atomic E-state index is -4.57. The van der Waals surface area contributed by atoms with Crippen molar-refractivity contribution in [1.82, 2.24) is 5.16 Å². The molecule has 1 aromatic heterocycles. The van der Waals surface area contributed by atoms with Gasteiger partial charge >= 0.3 is 6.18 Å². The van der Waals surface area contributed by atoms with Gasteiger partial charge in [0.1, 0.15) is 5.56 Å². The van der Waals surface area contributed by atoms with Crippen molar-refractivity contribution in [2.45, 2.75) is 6.18 Å². The molecule has 0 unspecified atom stereocenters. The van der Waals surface area contributed by atoms with Gasteiger partial charge in [0.2, 0.25) is 5.76 Å². The maximum Gasteiger partial charge on any atom is 0.421 e. The van der Waals surface area contributed by atoms with Crippen LogP contribution in [-0.2, 0) is 6.18 Å². The molecule has 0 aliphatic rings. The van der Waals surface area contributed by atoms with Crippen LogP contribution in [0.2, 0.25) is 0 Å². The third-order valence-electron chi connectivity index (χ3n) is 1.01. The molecule has 1 rings (SSSR count). The van der Waals surface area contributed by atoms with E-state index in [1.807, 2.05) is 0 Å². The summed E-state index contributed by atoms with van der Waals surface area (Å²) in [6.45, 7) is 0. The van der Waals surface area contributed by atoms with E-state index in [1.165, 1.54) is 0 Å². The number of alkyl halides is 3. The summed E-state index contributed by atoms with van der Waals surface area (Å²) in [6, 6.07) is 0. The zero-order valence-electron chi connectivity index (χ0n) is 5.05. The highest BCUT2D eigenvalue weighted by molar-refractivity contribution is 5.72. The van der Waals surface area contributed by atoms with Gasteiger partial charge in [-0.25, -0.2) is 0 Å². The van der Waals surface area contributed by atoms with E-state index in [0.717, 1.165) is 0 Å². The molecule has 0 atom stereocenters. The van der Waals surface area contributed by atoms with Crippen molar-refractivity contribution in [2.24, 2.45) is 0 Å². The zero-order valence-corrected chi connectivity index (χ0v) is 5.05. The smallest absolute Gasteiger partial charge is 0.353 e. The number of aromatic nitrogens is 1. The molecule has 0 aliphatic heterocycles. The van der Waals surface area contributed by atoms with Crippen LogP contribution in [0.1, 0.15) is 16.1 Å². The van der Waals surface area contributed by atoms with Gasteiger partial charge in [0.05, 0.1) is 6.20 Å². The third-order valence-corrected chi connectivity index (χ3v) is 1.01. The predicted molar refractivity (Wildman–Crippen MR) is 26.9 cm³/mol. The van der Waals surface area contributed by atoms with Crippen LogP contribution in [-0.4, -0.2) is 11.4 Å². The molecular weight excluding hydrogens is 163 g/mol. The molecule has 3 nitrogen and oxygen atoms in total. The fourth-order valence-corrected chi connectivity index (χ4v) is 0.547. The number of aldehydes is 1. The van der Waals surface area contributed by atoms with Crippen molar-refractivity contribution in [3.63, 3.8) is 0 Å². The van der Waals surface area contributed by atoms with Gasteiger partial charge in [0.15, 0.2) is 6.29 Å². The van der Waals surface area contributed by atoms with Crippen LogP contribution in [0.15, 0.2) is 10.7 Å². The standard InChI is InChI=1S/C5H2F3NO2/c6-5(7,8)3-1-9-11-4(3)2-10/h1-2H. The van der Waals surface area contributed by atoms with Crippen LogP contribution in [0.5, 0.6) is 0 Å². The Hall–Kier alpha value is -1.33. The molecule has 0 fully saturated rings. The van der Waals surface area contributed by atoms with Gasteiger partial charge in [0.25, 0.3) is 0 Å². The topological polar surface area (TPSA) is 43.1 Å². The number of hydrogen-bond donors (Lipinski definition) is 0. The molecule has 0 bridgehead atoms. The minimum Gasteiger partial charge on any atom is -0.353 e. The summed E-state index contributed by atoms with van der Waals surface area (Å²) in [6.07, 6.45) is -4.14. The summed E-state index contributed by atoms with van der Waals surface area (Å²) >= 11 is 0. The normalized spacial score (nSPS) is 11.5. The molecule has 0 saturated heterocycles. The lowest BCUT2D eigenvalue weighted by atomic mass is 10.3. The molecule has 0 aromatic carbocycles. The van der Waals surface area contributed by atoms with Crippen LogP contribution in [0, 0.1) is 0 Å². The molecule has 60 valence electrons. The lowest BCUT2D eigenvalue weighted by Gasteiger charge is -2.00. The molecular formula is C5H2F3NO2. The van der Waals surface area contributed by atoms with E-state index >= 15 is 0 Å². The van der Waals surface area contributed by atoms with Gasteiger partial charge in [-0.1, -0.05) is 5.16 Å². The first-order valence-corrected chi connectivity index (χ1v) is 2.52. The summed E-state index contributed by atoms with van der Waals surface area (Å²) in [7, 11) is 0. The molecule has 0 N–H and O–H groups in total. The molecule has 6 heteroatoms. The number of nitrogens with zero attached hydrogens (tertiary/aromatic N) is 1. The van der Waals surface area contributed by atoms with E-state index in [9.17, 15) is 18.0 Å². The van der Waals surface area contributed by atoms with Crippen LogP contribution < -0.4 is 0 Å². The Morgan fingerprint density at radius 1 is 1.55 bits per heavy atom. The van der Waals surface area contributed by atoms with E-state index < -0.39 is 17.5 Å². The Labute approximate surface area is 58.8 Å². The number of halogens is 3. The van der Waals surface area contributed by atoms with Crippen LogP contribution in [0.25, 0.3) is 0 Å². The van der Waals surface area contributed by atoms with Gasteiger partial charge in [-0.05, 0) is 0 Å². The summed E-state index contributed by atoms with van der Waals surface area (Å²) in [5.74, 6) is -0.794. The molecule has 1 aromatic rings. The maximum absolute atomic E-state index is 11.8. The van der Waals surface area contributed by atoms with Crippen molar-refractivity contribution >= 4 is 6.29 Å². The molecule has 0 spiro atoms. The fourth-order valence-electron chi connectivity index (χ4n) is 0.547. The van der Waals surface area contributed by atoms with Gasteiger partial charge in [-0.3, -0.25) is 4.79 Å². The molecule has 11 heavy (non-hydrogen) atoms. The predicted octanol–water partition coefficient (Wildman–Crippen LogP) is 1.51. The number of rotatable bonds is 1. The van der Waals surface area contributed by atoms with Crippen LogP contribution in [0.4, 0.5) is 13.2 Å². The summed E-state index contributed by atoms with van der Waals surface area (Å²) in [4.78, 5) is 9.90. The SMILES string of the molecule is O=Cc1oncc1C(F)(F)F. The maximum atomic E-state index is 11.8. The lowest BCUT2D eigenvalue weighted by molar-refractivity contribution is -0.138. The second-order valence-corrected chi connectivity index (χ2v) is 1.72. The first kappa shape index (κ1) is 7.77. The van der Waals surface area contributed by atoms with Crippen LogP contribution >= 0.6 is 0 Å². The minimum absolute atomic E-state index is 0.0319. The lowest BCUT2D eigenvalue weighted by Crippen LogP contribution is -2.05. The van der Waals surface area contributed by atoms with Gasteiger partial charge in [0, 0.05) is 0 Å². The average molecular weight is 165 g/mol. The van der Waals surface area contributed by atoms with Crippen molar-refractivity contribution < 1.29 is 22.5 Å². The number of carbonyl (C=O) groups is 1. The van der Waals surface area contributed by atoms with E-state index in [4.69, 9.17) is 0 Å². The Kier molecular flexibility index (Phi) is 1.67. The molecule has 0 amide bonds. The fraction of sp³-hybridized carbons (Fsp3) is 0.200. The second-order valence-electron chi connectivity index (χ2n) is 1.72. The van der Waals surface area contributed by atoms with Gasteiger partial charge in [-0.15, -0.1) is 0 Å². The average Bonchev–Trinajstić information content (AvgIpc) is 2.31. The van der Waals surface area contributed by atoms with Crippen molar-refractivity contribution in [2.75, 3.05) is 0 Å². The Morgan fingerprint density at radius 3 is 2.55 bits per heavy atom. The highest BCUT2D eigenvalue weighted by Crippen LogP contribution is 2.30. The van der Waals surface area contributed by atoms with Crippen molar-refractivity contribution in [3.8, 4) is 0 Å². The Balaban J connectivity index is 3.12. The summed E-state index contributed by atoms with van der Waals surface area (Å²) in [5, 5.41) is 2.83. The molecule has 1 heterocycles. The Bertz CT molecular complexity index is 265. The quantitative estimate of drug-likeness (QED) is 0.592. The van der Waals surface area contributed by atoms with Gasteiger partial charge < -0.3 is 4.52 Å². The van der Waals surface area contributed by atoms with Crippen molar-refractivity contribution in [3.05, 3.63) is 17.5 Å². The van der Waals surface area contributed by atoms with Crippen molar-refractivity contribution in [1.29, 1.82) is 0 Å². The summed E-state index contributed by atoms with van der Waals surface area (Å²) < 4.78 is 39.4. The number of carbonyl (C=O) groups excluding carboxylic acids is 1. The number of hydrogen-bond acceptors (Lipinski definition) is 3. The monoisotopic (exact) mass is 165 g/mol. The van der Waals surface area contributed by atoms with E-state index in [2.05, 4.69) is 9.68 Å². The highest BCUT2D eigenvalue weighted by atomic mass is 19.4. The second kappa shape index (κ2) is 2.37. The Morgan fingerprint density at radius 2 is 2.18 bits per heavy atom. The van der Waals surface area contributed by atoms with Gasteiger partial charge in [-0.2, -0.15) is 13.2 Å².